The van der Waals surface area contributed by atoms with E-state index in [2.05, 4.69) is 212 Å². The summed E-state index contributed by atoms with van der Waals surface area (Å²) in [4.78, 5) is 64.1. The van der Waals surface area contributed by atoms with Gasteiger partial charge < -0.3 is 48.2 Å². The standard InChI is InChI=1S/C18H18NO2.2C17H17NO2.2C17H16NO2.C2H6.3Y/c1-12-8-9-16-10-15-6-4-5-7-17(15)19(14(3)21-11-20)18(16)13(12)2;4*1-12-6-5-8-15-10-14-7-3-4-9-16(14)18(17(12)15)13(2)20-11-19;1-2;;;/h4-6,8-9,11,14H,10H2,1-3H3;2*3-9,11,13H,10H2,1-2H3;3,5-9,11,13H,10H2,1-2H3;3-8,11,13H,10H2,1-2H3;1-2H3;;;/q-1;;;2*-1;;;;. The van der Waals surface area contributed by atoms with E-state index in [1.165, 1.54) is 89.0 Å². The third-order valence-corrected chi connectivity index (χ3v) is 19.3. The average Bonchev–Trinajstić information content (AvgIpc) is 0.782. The maximum absolute atomic E-state index is 10.8. The second kappa shape index (κ2) is 40.2. The number of anilines is 10. The number of ether oxygens (including phenoxy) is 5. The van der Waals surface area contributed by atoms with Crippen LogP contribution in [0.4, 0.5) is 56.9 Å². The van der Waals surface area contributed by atoms with Gasteiger partial charge in [0.25, 0.3) is 32.4 Å². The summed E-state index contributed by atoms with van der Waals surface area (Å²) in [5.74, 6) is 0. The van der Waals surface area contributed by atoms with Gasteiger partial charge in [-0.05, 0) is 180 Å². The fourth-order valence-corrected chi connectivity index (χ4v) is 14.6. The molecule has 5 aliphatic rings. The summed E-state index contributed by atoms with van der Waals surface area (Å²) in [5, 5.41) is 0. The van der Waals surface area contributed by atoms with E-state index >= 15 is 0 Å². The normalized spacial score (nSPS) is 13.6. The molecule has 0 fully saturated rings. The monoisotopic (exact) mass is 1640 g/mol. The molecular weight excluding hydrogens is 1550 g/mol. The number of carbonyl (C=O) groups excluding carboxylic acids is 5. The number of para-hydroxylation sites is 8. The predicted octanol–water partition coefficient (Wildman–Crippen LogP) is 18.5. The number of fused-ring (bicyclic) bond motifs is 10. The minimum atomic E-state index is -0.362. The Labute approximate surface area is 700 Å². The number of aryl methyl sites for hydroxylation is 5. The molecule has 0 aromatic heterocycles. The first kappa shape index (κ1) is 85.1. The summed E-state index contributed by atoms with van der Waals surface area (Å²) in [6.07, 6.45) is 2.77. The number of carbonyl (C=O) groups is 5. The number of benzene rings is 10. The van der Waals surface area contributed by atoms with Gasteiger partial charge in [-0.1, -0.05) is 152 Å². The van der Waals surface area contributed by atoms with E-state index in [9.17, 15) is 24.0 Å². The van der Waals surface area contributed by atoms with E-state index in [0.29, 0.717) is 32.4 Å². The minimum absolute atomic E-state index is 0. The van der Waals surface area contributed by atoms with Gasteiger partial charge in [0, 0.05) is 139 Å². The van der Waals surface area contributed by atoms with Crippen LogP contribution in [0, 0.1) is 59.7 Å². The molecular formula is C88H90N5O10Y3-3. The summed E-state index contributed by atoms with van der Waals surface area (Å²) >= 11 is 0. The molecule has 5 unspecified atom stereocenters. The van der Waals surface area contributed by atoms with E-state index in [1.807, 2.05) is 109 Å². The van der Waals surface area contributed by atoms with Crippen molar-refractivity contribution in [1.29, 1.82) is 0 Å². The van der Waals surface area contributed by atoms with Crippen molar-refractivity contribution >= 4 is 89.2 Å². The maximum atomic E-state index is 10.8. The first-order valence-corrected chi connectivity index (χ1v) is 35.0. The summed E-state index contributed by atoms with van der Waals surface area (Å²) < 4.78 is 26.0. The molecule has 0 saturated heterocycles. The van der Waals surface area contributed by atoms with Crippen molar-refractivity contribution in [3.05, 3.63) is 295 Å². The van der Waals surface area contributed by atoms with Gasteiger partial charge in [0.1, 0.15) is 0 Å². The molecule has 15 rings (SSSR count). The van der Waals surface area contributed by atoms with Crippen LogP contribution in [0.25, 0.3) is 0 Å². The van der Waals surface area contributed by atoms with E-state index in [4.69, 9.17) is 23.7 Å². The van der Waals surface area contributed by atoms with Gasteiger partial charge >= 0.3 is 0 Å². The van der Waals surface area contributed by atoms with Crippen molar-refractivity contribution in [2.45, 2.75) is 153 Å². The van der Waals surface area contributed by atoms with Gasteiger partial charge in [-0.25, -0.2) is 0 Å². The molecule has 0 saturated carbocycles. The Bertz CT molecular complexity index is 4210. The molecule has 3 radical (unpaired) electrons. The van der Waals surface area contributed by atoms with Crippen molar-refractivity contribution in [3.63, 3.8) is 0 Å². The van der Waals surface area contributed by atoms with Gasteiger partial charge in [-0.2, -0.15) is 72.8 Å². The van der Waals surface area contributed by atoms with E-state index < -0.39 is 0 Å². The molecule has 5 aliphatic heterocycles. The molecule has 539 valence electrons. The van der Waals surface area contributed by atoms with Crippen LogP contribution in [0.5, 0.6) is 0 Å². The second-order valence-corrected chi connectivity index (χ2v) is 25.6. The largest absolute Gasteiger partial charge is 0.445 e. The van der Waals surface area contributed by atoms with Gasteiger partial charge in [-0.3, -0.25) is 24.0 Å². The molecule has 15 nitrogen and oxygen atoms in total. The Morgan fingerprint density at radius 3 is 0.972 bits per heavy atom. The van der Waals surface area contributed by atoms with Crippen LogP contribution >= 0.6 is 0 Å². The fourth-order valence-electron chi connectivity index (χ4n) is 14.6. The second-order valence-electron chi connectivity index (χ2n) is 25.6. The number of hydrogen-bond donors (Lipinski definition) is 0. The van der Waals surface area contributed by atoms with Crippen LogP contribution in [0.15, 0.2) is 188 Å². The maximum Gasteiger partial charge on any atom is 0.295 e. The molecule has 18 heteroatoms. The van der Waals surface area contributed by atoms with Crippen LogP contribution in [0.1, 0.15) is 137 Å². The van der Waals surface area contributed by atoms with E-state index in [1.54, 1.807) is 0 Å². The summed E-state index contributed by atoms with van der Waals surface area (Å²) in [6, 6.07) is 73.6. The topological polar surface area (TPSA) is 148 Å². The van der Waals surface area contributed by atoms with Gasteiger partial charge in [0.2, 0.25) is 0 Å². The van der Waals surface area contributed by atoms with Crippen molar-refractivity contribution in [3.8, 4) is 0 Å². The fraction of sp³-hybridized carbons (Fsp3) is 0.261. The zero-order valence-corrected chi connectivity index (χ0v) is 71.3. The Balaban J connectivity index is 0.000000182. The van der Waals surface area contributed by atoms with E-state index in [-0.39, 0.29) is 129 Å². The number of hydrogen-bond acceptors (Lipinski definition) is 15. The molecule has 0 spiro atoms. The van der Waals surface area contributed by atoms with Crippen LogP contribution in [0.2, 0.25) is 0 Å². The van der Waals surface area contributed by atoms with Crippen molar-refractivity contribution in [2.24, 2.45) is 0 Å². The summed E-state index contributed by atoms with van der Waals surface area (Å²) in [6.45, 7) is 28.5. The molecule has 0 bridgehead atoms. The molecule has 10 aromatic carbocycles. The van der Waals surface area contributed by atoms with Crippen LogP contribution < -0.4 is 24.5 Å². The van der Waals surface area contributed by atoms with Crippen molar-refractivity contribution in [1.82, 2.24) is 0 Å². The molecule has 5 atom stereocenters. The quantitative estimate of drug-likeness (QED) is 0.0544. The Morgan fingerprint density at radius 1 is 0.302 bits per heavy atom. The predicted molar refractivity (Wildman–Crippen MR) is 408 cm³/mol. The van der Waals surface area contributed by atoms with Crippen LogP contribution in [-0.4, -0.2) is 63.5 Å². The zero-order chi connectivity index (χ0) is 73.4. The number of rotatable bonds is 15. The minimum Gasteiger partial charge on any atom is -0.445 e. The van der Waals surface area contributed by atoms with Crippen LogP contribution in [0.3, 0.4) is 0 Å². The Hall–Kier alpha value is -8.14. The third-order valence-electron chi connectivity index (χ3n) is 19.3. The molecule has 106 heavy (non-hydrogen) atoms. The zero-order valence-electron chi connectivity index (χ0n) is 62.8. The first-order chi connectivity index (χ1) is 50.0. The van der Waals surface area contributed by atoms with Gasteiger partial charge in [0.05, 0.1) is 11.4 Å². The smallest absolute Gasteiger partial charge is 0.295 e. The molecule has 5 heterocycles. The van der Waals surface area contributed by atoms with Crippen molar-refractivity contribution < 1.29 is 146 Å². The Morgan fingerprint density at radius 2 is 0.594 bits per heavy atom. The van der Waals surface area contributed by atoms with E-state index in [0.717, 1.165) is 89.0 Å². The third kappa shape index (κ3) is 18.7. The first-order valence-electron chi connectivity index (χ1n) is 35.0. The van der Waals surface area contributed by atoms with Gasteiger partial charge in [-0.15, -0.1) is 16.7 Å². The van der Waals surface area contributed by atoms with Crippen LogP contribution in [-0.2, 0) is 178 Å². The molecule has 0 N–H and O–H groups in total. The Kier molecular flexibility index (Phi) is 32.3. The number of nitrogens with zero attached hydrogens (tertiary/aromatic N) is 5. The molecule has 10 aromatic rings. The summed E-state index contributed by atoms with van der Waals surface area (Å²) in [5.41, 5.74) is 30.6. The summed E-state index contributed by atoms with van der Waals surface area (Å²) in [7, 11) is 0. The van der Waals surface area contributed by atoms with Gasteiger partial charge in [0.15, 0.2) is 31.1 Å². The molecule has 0 amide bonds. The SMILES string of the molecule is CC.Cc1ccc2c(c1C)N(C(C)OC=O)c1[c-]cccc1C2.Cc1cccc2c1N(C(C)OC=O)c1[c-]cccc1C2.Cc1cccc2c1N(C(C)OC=O)c1c[c-]ccc1C2.Cc1cccc2c1N(C(C)OC=O)c1ccccc1C2.Cc1cccc2c1N(C(C)OC=O)c1ccccc1C2.[Y].[Y].[Y]. The molecule has 0 aliphatic carbocycles. The average molecular weight is 1640 g/mol. The van der Waals surface area contributed by atoms with Crippen molar-refractivity contribution in [2.75, 3.05) is 24.5 Å².